The van der Waals surface area contributed by atoms with Crippen LogP contribution in [-0.4, -0.2) is 74.1 Å². The van der Waals surface area contributed by atoms with Crippen molar-refractivity contribution in [3.63, 3.8) is 0 Å². The molecule has 0 unspecified atom stereocenters. The molecule has 0 saturated carbocycles. The number of hydrogen-bond acceptors (Lipinski definition) is 7. The predicted molar refractivity (Wildman–Crippen MR) is 232 cm³/mol. The van der Waals surface area contributed by atoms with Crippen molar-refractivity contribution in [2.75, 3.05) is 19.6 Å². The summed E-state index contributed by atoms with van der Waals surface area (Å²) in [6.45, 7) is 31.0. The highest BCUT2D eigenvalue weighted by atomic mass is 16.2. The van der Waals surface area contributed by atoms with E-state index in [-0.39, 0.29) is 33.2 Å². The highest BCUT2D eigenvalue weighted by molar-refractivity contribution is 6.31. The smallest absolute Gasteiger partial charge is 0.188 e. The minimum absolute atomic E-state index is 0.0619. The summed E-state index contributed by atoms with van der Waals surface area (Å²) in [5, 5.41) is 0. The van der Waals surface area contributed by atoms with E-state index in [1.54, 1.807) is 48.5 Å². The summed E-state index contributed by atoms with van der Waals surface area (Å²) in [5.41, 5.74) is 1.33. The highest BCUT2D eigenvalue weighted by Gasteiger charge is 2.46. The number of ketones is 4. The standard InChI is InChI=1S/C50H69N3O4/c1-45(2,3)51-29-26-46(4,5)37(32-51)43(56)38-33-52(30-27-47(38,6)7)49(10,11)24-25-50(12,13)53-31-28-48(8,9)39(34-53)44(57)40(41(54)35-20-16-14-17-21-35)42(55)36-22-18-15-19-23-36/h14-23,32-34,40H,24-31H2,1-13H3. The molecular formula is C50H69N3O4. The lowest BCUT2D eigenvalue weighted by Gasteiger charge is -2.49. The minimum atomic E-state index is -1.47. The third-order valence-corrected chi connectivity index (χ3v) is 13.4. The molecule has 0 aliphatic carbocycles. The van der Waals surface area contributed by atoms with Crippen LogP contribution in [0, 0.1) is 22.2 Å². The maximum atomic E-state index is 14.7. The first kappa shape index (κ1) is 43.9. The summed E-state index contributed by atoms with van der Waals surface area (Å²) in [5.74, 6) is -2.69. The summed E-state index contributed by atoms with van der Waals surface area (Å²) in [6.07, 6.45) is 10.4. The Morgan fingerprint density at radius 3 is 1.23 bits per heavy atom. The average Bonchev–Trinajstić information content (AvgIpc) is 3.13. The Balaban J connectivity index is 1.41. The Bertz CT molecular complexity index is 1890. The summed E-state index contributed by atoms with van der Waals surface area (Å²) in [7, 11) is 0. The highest BCUT2D eigenvalue weighted by Crippen LogP contribution is 2.45. The number of Topliss-reactive ketones (excluding diaryl/α,β-unsaturated/α-hetero) is 4. The van der Waals surface area contributed by atoms with E-state index in [9.17, 15) is 19.2 Å². The Morgan fingerprint density at radius 2 is 0.842 bits per heavy atom. The van der Waals surface area contributed by atoms with Crippen LogP contribution in [0.4, 0.5) is 0 Å². The van der Waals surface area contributed by atoms with Gasteiger partial charge in [0.1, 0.15) is 5.92 Å². The van der Waals surface area contributed by atoms with Crippen LogP contribution in [-0.2, 0) is 9.59 Å². The van der Waals surface area contributed by atoms with Gasteiger partial charge < -0.3 is 14.7 Å². The first-order valence-corrected chi connectivity index (χ1v) is 21.0. The molecule has 0 atom stereocenters. The molecule has 0 radical (unpaired) electrons. The van der Waals surface area contributed by atoms with Gasteiger partial charge in [-0.1, -0.05) is 102 Å². The van der Waals surface area contributed by atoms with E-state index in [1.165, 1.54) is 0 Å². The Labute approximate surface area is 343 Å². The maximum absolute atomic E-state index is 14.7. The fourth-order valence-corrected chi connectivity index (χ4v) is 8.50. The topological polar surface area (TPSA) is 78.0 Å². The predicted octanol–water partition coefficient (Wildman–Crippen LogP) is 10.5. The van der Waals surface area contributed by atoms with E-state index < -0.39 is 28.7 Å². The zero-order valence-electron chi connectivity index (χ0n) is 37.2. The Morgan fingerprint density at radius 1 is 0.509 bits per heavy atom. The molecule has 0 saturated heterocycles. The number of carbonyl (C=O) groups is 4. The molecule has 57 heavy (non-hydrogen) atoms. The molecule has 0 aromatic heterocycles. The van der Waals surface area contributed by atoms with Crippen LogP contribution in [0.3, 0.4) is 0 Å². The lowest BCUT2D eigenvalue weighted by atomic mass is 9.69. The Hall–Kier alpha value is -4.26. The fraction of sp³-hybridized carbons (Fsp3) is 0.560. The third kappa shape index (κ3) is 9.39. The van der Waals surface area contributed by atoms with E-state index in [4.69, 9.17) is 0 Å². The molecule has 2 aromatic carbocycles. The van der Waals surface area contributed by atoms with E-state index in [0.29, 0.717) is 23.1 Å². The van der Waals surface area contributed by atoms with Crippen molar-refractivity contribution in [2.24, 2.45) is 22.2 Å². The van der Waals surface area contributed by atoms with Crippen LogP contribution in [0.1, 0.15) is 143 Å². The molecule has 0 fully saturated rings. The molecule has 7 heteroatoms. The Kier molecular flexibility index (Phi) is 12.2. The monoisotopic (exact) mass is 776 g/mol. The second-order valence-electron chi connectivity index (χ2n) is 21.0. The zero-order chi connectivity index (χ0) is 42.4. The van der Waals surface area contributed by atoms with Crippen molar-refractivity contribution < 1.29 is 19.2 Å². The third-order valence-electron chi connectivity index (χ3n) is 13.4. The molecule has 3 aliphatic heterocycles. The molecule has 0 amide bonds. The summed E-state index contributed by atoms with van der Waals surface area (Å²) in [4.78, 5) is 64.4. The van der Waals surface area contributed by atoms with Gasteiger partial charge in [-0.15, -0.1) is 0 Å². The van der Waals surface area contributed by atoms with Gasteiger partial charge in [0.05, 0.1) is 0 Å². The van der Waals surface area contributed by atoms with Crippen LogP contribution in [0.15, 0.2) is 96.0 Å². The van der Waals surface area contributed by atoms with Gasteiger partial charge in [-0.2, -0.15) is 0 Å². The number of carbonyl (C=O) groups excluding carboxylic acids is 4. The SMILES string of the molecule is CC1(C)CCN(C(C)(C)C)C=C1C(=O)C1=CN(C(C)(C)CCC(C)(C)N2C=C(C(=O)C(C(=O)c3ccccc3)C(=O)c3ccccc3)C(C)(C)CC2)CCC1(C)C. The summed E-state index contributed by atoms with van der Waals surface area (Å²) < 4.78 is 0. The molecule has 0 bridgehead atoms. The van der Waals surface area contributed by atoms with Crippen molar-refractivity contribution in [3.05, 3.63) is 107 Å². The number of nitrogens with zero attached hydrogens (tertiary/aromatic N) is 3. The summed E-state index contributed by atoms with van der Waals surface area (Å²) in [6, 6.07) is 17.3. The maximum Gasteiger partial charge on any atom is 0.188 e. The first-order valence-electron chi connectivity index (χ1n) is 21.0. The second-order valence-corrected chi connectivity index (χ2v) is 21.0. The van der Waals surface area contributed by atoms with Gasteiger partial charge >= 0.3 is 0 Å². The molecule has 308 valence electrons. The van der Waals surface area contributed by atoms with Crippen molar-refractivity contribution in [1.29, 1.82) is 0 Å². The zero-order valence-corrected chi connectivity index (χ0v) is 37.2. The van der Waals surface area contributed by atoms with Crippen molar-refractivity contribution in [3.8, 4) is 0 Å². The van der Waals surface area contributed by atoms with Crippen molar-refractivity contribution in [1.82, 2.24) is 14.7 Å². The normalized spacial score (nSPS) is 19.8. The van der Waals surface area contributed by atoms with Crippen molar-refractivity contribution in [2.45, 2.75) is 139 Å². The largest absolute Gasteiger partial charge is 0.372 e. The van der Waals surface area contributed by atoms with Crippen LogP contribution in [0.2, 0.25) is 0 Å². The molecule has 2 aromatic rings. The molecule has 5 rings (SSSR count). The van der Waals surface area contributed by atoms with Gasteiger partial charge in [0, 0.05) is 82.7 Å². The molecule has 0 spiro atoms. The van der Waals surface area contributed by atoms with Gasteiger partial charge in [0.2, 0.25) is 0 Å². The van der Waals surface area contributed by atoms with Crippen molar-refractivity contribution >= 4 is 23.1 Å². The molecule has 7 nitrogen and oxygen atoms in total. The van der Waals surface area contributed by atoms with Gasteiger partial charge in [-0.05, 0) is 96.8 Å². The van der Waals surface area contributed by atoms with Gasteiger partial charge in [0.15, 0.2) is 23.1 Å². The van der Waals surface area contributed by atoms with E-state index in [0.717, 1.165) is 56.5 Å². The van der Waals surface area contributed by atoms with Gasteiger partial charge in [-0.3, -0.25) is 19.2 Å². The first-order chi connectivity index (χ1) is 26.3. The molecule has 3 heterocycles. The average molecular weight is 776 g/mol. The van der Waals surface area contributed by atoms with E-state index in [2.05, 4.69) is 103 Å². The van der Waals surface area contributed by atoms with Crippen LogP contribution >= 0.6 is 0 Å². The quantitative estimate of drug-likeness (QED) is 0.148. The number of hydrogen-bond donors (Lipinski definition) is 0. The number of rotatable bonds is 13. The van der Waals surface area contributed by atoms with E-state index >= 15 is 0 Å². The van der Waals surface area contributed by atoms with E-state index in [1.807, 2.05) is 32.2 Å². The lowest BCUT2D eigenvalue weighted by Crippen LogP contribution is -2.50. The minimum Gasteiger partial charge on any atom is -0.372 e. The van der Waals surface area contributed by atoms with Crippen LogP contribution < -0.4 is 0 Å². The van der Waals surface area contributed by atoms with Gasteiger partial charge in [-0.25, -0.2) is 0 Å². The fourth-order valence-electron chi connectivity index (χ4n) is 8.50. The summed E-state index contributed by atoms with van der Waals surface area (Å²) >= 11 is 0. The van der Waals surface area contributed by atoms with Gasteiger partial charge in [0.25, 0.3) is 0 Å². The van der Waals surface area contributed by atoms with Crippen LogP contribution in [0.25, 0.3) is 0 Å². The molecule has 3 aliphatic rings. The number of allylic oxidation sites excluding steroid dienone is 3. The second kappa shape index (κ2) is 15.8. The number of benzene rings is 2. The molecular weight excluding hydrogens is 707 g/mol. The van der Waals surface area contributed by atoms with Crippen LogP contribution in [0.5, 0.6) is 0 Å². The molecule has 0 N–H and O–H groups in total. The lowest BCUT2D eigenvalue weighted by molar-refractivity contribution is -0.118.